The minimum atomic E-state index is -4.30. The van der Waals surface area contributed by atoms with Crippen LogP contribution in [-0.4, -0.2) is 57.7 Å². The van der Waals surface area contributed by atoms with Gasteiger partial charge < -0.3 is 14.8 Å². The van der Waals surface area contributed by atoms with E-state index < -0.39 is 22.3 Å². The van der Waals surface area contributed by atoms with Crippen LogP contribution >= 0.6 is 0 Å². The van der Waals surface area contributed by atoms with E-state index in [0.29, 0.717) is 5.69 Å². The molecular weight excluding hydrogens is 446 g/mol. The molecule has 2 aliphatic carbocycles. The highest BCUT2D eigenvalue weighted by Crippen LogP contribution is 2.38. The van der Waals surface area contributed by atoms with Crippen molar-refractivity contribution in [3.05, 3.63) is 40.7 Å². The maximum Gasteiger partial charge on any atom is 0.334 e. The summed E-state index contributed by atoms with van der Waals surface area (Å²) in [7, 11) is 0.351. The van der Waals surface area contributed by atoms with E-state index in [9.17, 15) is 13.2 Å². The molecule has 10 nitrogen and oxygen atoms in total. The quantitative estimate of drug-likeness (QED) is 0.570. The third-order valence-corrected chi connectivity index (χ3v) is 7.66. The molecule has 1 aromatic carbocycles. The lowest BCUT2D eigenvalue weighted by Crippen LogP contribution is -2.52. The molecule has 1 heterocycles. The second-order valence-electron chi connectivity index (χ2n) is 8.53. The fourth-order valence-electron chi connectivity index (χ4n) is 4.91. The first-order chi connectivity index (χ1) is 15.8. The number of urea groups is 1. The van der Waals surface area contributed by atoms with Gasteiger partial charge in [-0.25, -0.2) is 13.8 Å². The second kappa shape index (κ2) is 9.70. The molecular formula is C22H31N5O5S. The Morgan fingerprint density at radius 1 is 1.12 bits per heavy atom. The molecule has 11 heteroatoms. The molecule has 0 atom stereocenters. The summed E-state index contributed by atoms with van der Waals surface area (Å²) in [4.78, 5) is 13.0. The first-order valence-electron chi connectivity index (χ1n) is 11.1. The lowest BCUT2D eigenvalue weighted by atomic mass is 9.99. The zero-order valence-corrected chi connectivity index (χ0v) is 20.1. The van der Waals surface area contributed by atoms with Gasteiger partial charge in [-0.3, -0.25) is 4.68 Å². The highest BCUT2D eigenvalue weighted by atomic mass is 32.2. The average molecular weight is 478 g/mol. The molecule has 0 saturated heterocycles. The van der Waals surface area contributed by atoms with Crippen molar-refractivity contribution < 1.29 is 22.7 Å². The fraction of sp³-hybridized carbons (Fsp3) is 0.545. The third-order valence-electron chi connectivity index (χ3n) is 6.19. The Labute approximate surface area is 194 Å². The number of rotatable bonds is 9. The van der Waals surface area contributed by atoms with Gasteiger partial charge in [-0.15, -0.1) is 0 Å². The number of nitrogens with one attached hydrogen (secondary N) is 2. The van der Waals surface area contributed by atoms with Crippen LogP contribution < -0.4 is 14.3 Å². The summed E-state index contributed by atoms with van der Waals surface area (Å²) in [6, 6.07) is 0.779. The standard InChI is InChI=1S/C22H31N5O5S/c1-26-12-17(11-23-26)27(18(13-31-2)14-32-3)33(29,30)25-22(28)24-21-19-8-4-6-15(19)10-16-7-5-9-20(16)21/h10-12,18H,4-9,13-14H2,1-3H3,(H2,24,25,28). The van der Waals surface area contributed by atoms with Gasteiger partial charge in [0, 0.05) is 33.2 Å². The number of aromatic nitrogens is 2. The minimum Gasteiger partial charge on any atom is -0.382 e. The average Bonchev–Trinajstić information content (AvgIpc) is 3.48. The van der Waals surface area contributed by atoms with Crippen molar-refractivity contribution in [1.82, 2.24) is 14.5 Å². The first-order valence-corrected chi connectivity index (χ1v) is 12.5. The van der Waals surface area contributed by atoms with E-state index in [-0.39, 0.29) is 13.2 Å². The maximum atomic E-state index is 13.4. The summed E-state index contributed by atoms with van der Waals surface area (Å²) in [6.45, 7) is 0.149. The van der Waals surface area contributed by atoms with Crippen LogP contribution in [0.1, 0.15) is 35.1 Å². The lowest BCUT2D eigenvalue weighted by Gasteiger charge is -2.30. The van der Waals surface area contributed by atoms with E-state index in [1.807, 2.05) is 0 Å². The molecule has 2 N–H and O–H groups in total. The number of ether oxygens (including phenoxy) is 2. The Hall–Kier alpha value is -2.63. The number of hydrogen-bond acceptors (Lipinski definition) is 6. The number of carbonyl (C=O) groups is 1. The predicted octanol–water partition coefficient (Wildman–Crippen LogP) is 1.93. The summed E-state index contributed by atoms with van der Waals surface area (Å²) in [5.74, 6) is 0. The molecule has 2 aliphatic rings. The topological polar surface area (TPSA) is 115 Å². The van der Waals surface area contributed by atoms with Gasteiger partial charge in [0.1, 0.15) is 0 Å². The van der Waals surface area contributed by atoms with Gasteiger partial charge in [-0.2, -0.15) is 13.5 Å². The number of anilines is 2. The highest BCUT2D eigenvalue weighted by Gasteiger charge is 2.34. The van der Waals surface area contributed by atoms with Crippen molar-refractivity contribution in [3.8, 4) is 0 Å². The number of hydrogen-bond donors (Lipinski definition) is 2. The van der Waals surface area contributed by atoms with Gasteiger partial charge in [0.2, 0.25) is 0 Å². The Kier molecular flexibility index (Phi) is 6.91. The molecule has 0 spiro atoms. The van der Waals surface area contributed by atoms with Crippen LogP contribution in [0.5, 0.6) is 0 Å². The van der Waals surface area contributed by atoms with Gasteiger partial charge in [-0.1, -0.05) is 6.07 Å². The van der Waals surface area contributed by atoms with Crippen LogP contribution in [0.3, 0.4) is 0 Å². The Bertz CT molecular complexity index is 1090. The summed E-state index contributed by atoms with van der Waals surface area (Å²) < 4.78 is 42.0. The van der Waals surface area contributed by atoms with Crippen LogP contribution in [0.4, 0.5) is 16.2 Å². The maximum absolute atomic E-state index is 13.4. The molecule has 33 heavy (non-hydrogen) atoms. The zero-order chi connectivity index (χ0) is 23.6. The smallest absolute Gasteiger partial charge is 0.334 e. The van der Waals surface area contributed by atoms with Crippen LogP contribution in [0, 0.1) is 0 Å². The van der Waals surface area contributed by atoms with Crippen molar-refractivity contribution >= 4 is 27.6 Å². The molecule has 0 bridgehead atoms. The summed E-state index contributed by atoms with van der Waals surface area (Å²) in [5, 5.41) is 6.95. The second-order valence-corrected chi connectivity index (χ2v) is 10.1. The molecule has 0 radical (unpaired) electrons. The number of carbonyl (C=O) groups excluding carboxylic acids is 1. The highest BCUT2D eigenvalue weighted by molar-refractivity contribution is 7.91. The molecule has 2 aromatic rings. The lowest BCUT2D eigenvalue weighted by molar-refractivity contribution is 0.120. The Morgan fingerprint density at radius 3 is 2.24 bits per heavy atom. The van der Waals surface area contributed by atoms with Gasteiger partial charge in [0.05, 0.1) is 31.1 Å². The molecule has 0 aliphatic heterocycles. The van der Waals surface area contributed by atoms with E-state index in [0.717, 1.165) is 59.6 Å². The van der Waals surface area contributed by atoms with E-state index in [4.69, 9.17) is 9.47 Å². The minimum absolute atomic E-state index is 0.0744. The number of nitrogens with zero attached hydrogens (tertiary/aromatic N) is 3. The molecule has 0 saturated carbocycles. The van der Waals surface area contributed by atoms with E-state index in [1.54, 1.807) is 13.2 Å². The van der Waals surface area contributed by atoms with E-state index in [2.05, 4.69) is 21.2 Å². The van der Waals surface area contributed by atoms with Gasteiger partial charge in [0.15, 0.2) is 0 Å². The summed E-state index contributed by atoms with van der Waals surface area (Å²) in [5.41, 5.74) is 5.85. The number of aryl methyl sites for hydroxylation is 3. The van der Waals surface area contributed by atoms with Crippen molar-refractivity contribution in [1.29, 1.82) is 0 Å². The van der Waals surface area contributed by atoms with Crippen molar-refractivity contribution in [2.24, 2.45) is 7.05 Å². The number of amides is 2. The van der Waals surface area contributed by atoms with E-state index >= 15 is 0 Å². The van der Waals surface area contributed by atoms with Crippen LogP contribution in [-0.2, 0) is 52.4 Å². The van der Waals surface area contributed by atoms with E-state index in [1.165, 1.54) is 36.2 Å². The van der Waals surface area contributed by atoms with Gasteiger partial charge in [-0.05, 0) is 60.8 Å². The summed E-state index contributed by atoms with van der Waals surface area (Å²) in [6.07, 6.45) is 8.81. The van der Waals surface area contributed by atoms with Crippen molar-refractivity contribution in [3.63, 3.8) is 0 Å². The Balaban J connectivity index is 1.61. The monoisotopic (exact) mass is 477 g/mol. The third kappa shape index (κ3) is 4.85. The van der Waals surface area contributed by atoms with Crippen molar-refractivity contribution in [2.75, 3.05) is 37.1 Å². The number of methoxy groups -OCH3 is 2. The zero-order valence-electron chi connectivity index (χ0n) is 19.3. The normalized spacial score (nSPS) is 14.9. The molecule has 0 unspecified atom stereocenters. The molecule has 180 valence electrons. The number of benzene rings is 1. The SMILES string of the molecule is COCC(COC)N(c1cnn(C)c1)S(=O)(=O)NC(=O)Nc1c2c(cc3c1CCC3)CCC2. The van der Waals surface area contributed by atoms with Crippen LogP contribution in [0.25, 0.3) is 0 Å². The molecule has 4 rings (SSSR count). The van der Waals surface area contributed by atoms with Gasteiger partial charge in [0.25, 0.3) is 0 Å². The van der Waals surface area contributed by atoms with Crippen LogP contribution in [0.15, 0.2) is 18.5 Å². The van der Waals surface area contributed by atoms with Crippen molar-refractivity contribution in [2.45, 2.75) is 44.6 Å². The summed E-state index contributed by atoms with van der Waals surface area (Å²) >= 11 is 0. The molecule has 0 fully saturated rings. The molecule has 1 aromatic heterocycles. The largest absolute Gasteiger partial charge is 0.382 e. The Morgan fingerprint density at radius 2 is 1.73 bits per heavy atom. The van der Waals surface area contributed by atoms with Gasteiger partial charge >= 0.3 is 16.2 Å². The number of fused-ring (bicyclic) bond motifs is 2. The predicted molar refractivity (Wildman–Crippen MR) is 125 cm³/mol. The van der Waals surface area contributed by atoms with Crippen LogP contribution in [0.2, 0.25) is 0 Å². The molecule has 2 amide bonds. The first kappa shape index (κ1) is 23.5. The fourth-order valence-corrected chi connectivity index (χ4v) is 6.18.